The quantitative estimate of drug-likeness (QED) is 0.810. The van der Waals surface area contributed by atoms with Crippen LogP contribution in [0.5, 0.6) is 0 Å². The molecular formula is C15H26N2O4. The Morgan fingerprint density at radius 3 is 2.48 bits per heavy atom. The molecule has 1 N–H and O–H groups in total. The highest BCUT2D eigenvalue weighted by molar-refractivity contribution is 5.86. The maximum atomic E-state index is 12.4. The zero-order valence-corrected chi connectivity index (χ0v) is 13.7. The molecule has 120 valence electrons. The van der Waals surface area contributed by atoms with Crippen LogP contribution in [-0.4, -0.2) is 46.9 Å². The minimum atomic E-state index is -0.786. The summed E-state index contributed by atoms with van der Waals surface area (Å²) in [6, 6.07) is -0.293. The summed E-state index contributed by atoms with van der Waals surface area (Å²) in [5.74, 6) is -0.281. The second-order valence-corrected chi connectivity index (χ2v) is 6.64. The smallest absolute Gasteiger partial charge is 0.412 e. The van der Waals surface area contributed by atoms with Crippen LogP contribution in [0.1, 0.15) is 41.5 Å². The van der Waals surface area contributed by atoms with E-state index >= 15 is 0 Å². The van der Waals surface area contributed by atoms with E-state index in [2.05, 4.69) is 11.9 Å². The second kappa shape index (κ2) is 6.05. The average molecular weight is 298 g/mol. The molecule has 0 bridgehead atoms. The maximum absolute atomic E-state index is 12.4. The molecule has 21 heavy (non-hydrogen) atoms. The van der Waals surface area contributed by atoms with Crippen molar-refractivity contribution in [2.75, 3.05) is 6.54 Å². The largest absolute Gasteiger partial charge is 0.444 e. The van der Waals surface area contributed by atoms with Gasteiger partial charge in [-0.3, -0.25) is 9.69 Å². The van der Waals surface area contributed by atoms with Crippen molar-refractivity contribution in [2.24, 2.45) is 0 Å². The molecule has 2 amide bonds. The van der Waals surface area contributed by atoms with Crippen molar-refractivity contribution >= 4 is 12.0 Å². The predicted molar refractivity (Wildman–Crippen MR) is 79.7 cm³/mol. The first-order chi connectivity index (χ1) is 9.48. The highest BCUT2D eigenvalue weighted by Crippen LogP contribution is 2.33. The molecule has 6 nitrogen and oxygen atoms in total. The van der Waals surface area contributed by atoms with Crippen LogP contribution in [-0.2, 0) is 14.3 Å². The molecule has 1 aliphatic rings. The van der Waals surface area contributed by atoms with Crippen LogP contribution in [0, 0.1) is 0 Å². The lowest BCUT2D eigenvalue weighted by Crippen LogP contribution is -2.53. The van der Waals surface area contributed by atoms with Crippen LogP contribution in [0.25, 0.3) is 0 Å². The molecule has 1 rings (SSSR count). The van der Waals surface area contributed by atoms with Crippen molar-refractivity contribution in [3.8, 4) is 0 Å². The molecule has 0 aromatic heterocycles. The SMILES string of the molecule is C=CC(=O)NCC1C(C)OC(C)(C)N1C(=O)OC(C)(C)C. The molecule has 0 aliphatic carbocycles. The Labute approximate surface area is 126 Å². The van der Waals surface area contributed by atoms with E-state index in [0.29, 0.717) is 0 Å². The first-order valence-corrected chi connectivity index (χ1v) is 7.08. The molecule has 2 atom stereocenters. The van der Waals surface area contributed by atoms with Gasteiger partial charge in [-0.15, -0.1) is 0 Å². The monoisotopic (exact) mass is 298 g/mol. The highest BCUT2D eigenvalue weighted by atomic mass is 16.6. The lowest BCUT2D eigenvalue weighted by molar-refractivity contribution is -0.116. The fourth-order valence-corrected chi connectivity index (χ4v) is 2.40. The summed E-state index contributed by atoms with van der Waals surface area (Å²) in [5.41, 5.74) is -1.38. The zero-order chi connectivity index (χ0) is 16.4. The molecule has 1 fully saturated rings. The lowest BCUT2D eigenvalue weighted by Gasteiger charge is -2.35. The van der Waals surface area contributed by atoms with Gasteiger partial charge in [0, 0.05) is 6.54 Å². The highest BCUT2D eigenvalue weighted by Gasteiger charge is 2.49. The summed E-state index contributed by atoms with van der Waals surface area (Å²) in [5, 5.41) is 2.70. The van der Waals surface area contributed by atoms with Crippen LogP contribution in [0.15, 0.2) is 12.7 Å². The van der Waals surface area contributed by atoms with Crippen molar-refractivity contribution in [1.29, 1.82) is 0 Å². The molecule has 0 radical (unpaired) electrons. The van der Waals surface area contributed by atoms with Crippen molar-refractivity contribution in [3.63, 3.8) is 0 Å². The molecule has 0 aromatic carbocycles. The van der Waals surface area contributed by atoms with Crippen LogP contribution in [0.4, 0.5) is 4.79 Å². The average Bonchev–Trinajstić information content (AvgIpc) is 2.52. The van der Waals surface area contributed by atoms with Gasteiger partial charge in [-0.05, 0) is 47.6 Å². The van der Waals surface area contributed by atoms with Gasteiger partial charge in [0.2, 0.25) is 5.91 Å². The summed E-state index contributed by atoms with van der Waals surface area (Å²) >= 11 is 0. The van der Waals surface area contributed by atoms with Gasteiger partial charge in [0.1, 0.15) is 11.3 Å². The molecule has 0 saturated carbocycles. The number of amides is 2. The number of ether oxygens (including phenoxy) is 2. The Balaban J connectivity index is 2.90. The van der Waals surface area contributed by atoms with Gasteiger partial charge in [-0.2, -0.15) is 0 Å². The van der Waals surface area contributed by atoms with Gasteiger partial charge >= 0.3 is 6.09 Å². The summed E-state index contributed by atoms with van der Waals surface area (Å²) < 4.78 is 11.3. The molecule has 0 spiro atoms. The van der Waals surface area contributed by atoms with Gasteiger partial charge in [-0.1, -0.05) is 6.58 Å². The molecule has 0 aromatic rings. The topological polar surface area (TPSA) is 67.9 Å². The van der Waals surface area contributed by atoms with Crippen LogP contribution >= 0.6 is 0 Å². The Morgan fingerprint density at radius 2 is 2.00 bits per heavy atom. The number of rotatable bonds is 3. The van der Waals surface area contributed by atoms with E-state index in [-0.39, 0.29) is 24.6 Å². The van der Waals surface area contributed by atoms with Crippen LogP contribution in [0.2, 0.25) is 0 Å². The van der Waals surface area contributed by atoms with E-state index in [9.17, 15) is 9.59 Å². The normalized spacial score (nSPS) is 24.6. The third-order valence-electron chi connectivity index (χ3n) is 3.19. The second-order valence-electron chi connectivity index (χ2n) is 6.64. The minimum Gasteiger partial charge on any atom is -0.444 e. The summed E-state index contributed by atoms with van der Waals surface area (Å²) in [6.07, 6.45) is 0.538. The van der Waals surface area contributed by atoms with Crippen molar-refractivity contribution < 1.29 is 19.1 Å². The van der Waals surface area contributed by atoms with E-state index in [4.69, 9.17) is 9.47 Å². The van der Waals surface area contributed by atoms with E-state index in [0.717, 1.165) is 0 Å². The van der Waals surface area contributed by atoms with Gasteiger partial charge in [0.15, 0.2) is 0 Å². The minimum absolute atomic E-state index is 0.211. The lowest BCUT2D eigenvalue weighted by atomic mass is 10.1. The first kappa shape index (κ1) is 17.5. The number of nitrogens with one attached hydrogen (secondary N) is 1. The van der Waals surface area contributed by atoms with E-state index < -0.39 is 17.4 Å². The Bertz CT molecular complexity index is 426. The number of carbonyl (C=O) groups is 2. The molecular weight excluding hydrogens is 272 g/mol. The van der Waals surface area contributed by atoms with Crippen LogP contribution in [0.3, 0.4) is 0 Å². The fraction of sp³-hybridized carbons (Fsp3) is 0.733. The third kappa shape index (κ3) is 4.46. The molecule has 2 unspecified atom stereocenters. The van der Waals surface area contributed by atoms with Gasteiger partial charge in [0.25, 0.3) is 0 Å². The molecule has 1 saturated heterocycles. The Hall–Kier alpha value is -1.56. The number of carbonyl (C=O) groups excluding carboxylic acids is 2. The van der Waals surface area contributed by atoms with E-state index in [1.54, 1.807) is 4.90 Å². The van der Waals surface area contributed by atoms with Gasteiger partial charge < -0.3 is 14.8 Å². The zero-order valence-electron chi connectivity index (χ0n) is 13.7. The third-order valence-corrected chi connectivity index (χ3v) is 3.19. The van der Waals surface area contributed by atoms with Crippen LogP contribution < -0.4 is 5.32 Å². The Morgan fingerprint density at radius 1 is 1.43 bits per heavy atom. The predicted octanol–water partition coefficient (Wildman–Crippen LogP) is 2.05. The summed E-state index contributed by atoms with van der Waals surface area (Å²) in [4.78, 5) is 25.3. The number of hydrogen-bond acceptors (Lipinski definition) is 4. The molecule has 1 aliphatic heterocycles. The van der Waals surface area contributed by atoms with Crippen molar-refractivity contribution in [2.45, 2.75) is 65.0 Å². The summed E-state index contributed by atoms with van der Waals surface area (Å²) in [7, 11) is 0. The van der Waals surface area contributed by atoms with Gasteiger partial charge in [0.05, 0.1) is 12.1 Å². The van der Waals surface area contributed by atoms with Crippen molar-refractivity contribution in [3.05, 3.63) is 12.7 Å². The maximum Gasteiger partial charge on any atom is 0.412 e. The first-order valence-electron chi connectivity index (χ1n) is 7.08. The number of hydrogen-bond donors (Lipinski definition) is 1. The summed E-state index contributed by atoms with van der Waals surface area (Å²) in [6.45, 7) is 14.6. The molecule has 1 heterocycles. The number of nitrogens with zero attached hydrogens (tertiary/aromatic N) is 1. The Kier molecular flexibility index (Phi) is 5.04. The van der Waals surface area contributed by atoms with E-state index in [1.807, 2.05) is 41.5 Å². The van der Waals surface area contributed by atoms with Crippen molar-refractivity contribution in [1.82, 2.24) is 10.2 Å². The van der Waals surface area contributed by atoms with Gasteiger partial charge in [-0.25, -0.2) is 4.79 Å². The molecule has 6 heteroatoms. The standard InChI is InChI=1S/C15H26N2O4/c1-8-12(18)16-9-11-10(2)20-15(6,7)17(11)13(19)21-14(3,4)5/h8,10-11H,1,9H2,2-7H3,(H,16,18). The van der Waals surface area contributed by atoms with E-state index in [1.165, 1.54) is 6.08 Å². The fourth-order valence-electron chi connectivity index (χ4n) is 2.40.